The number of carboxylic acids is 1. The maximum absolute atomic E-state index is 11.5. The van der Waals surface area contributed by atoms with Crippen molar-refractivity contribution in [1.82, 2.24) is 10.6 Å². The first-order chi connectivity index (χ1) is 9.73. The Morgan fingerprint density at radius 2 is 1.76 bits per heavy atom. The number of carbonyl (C=O) groups excluding carboxylic acids is 1. The number of aliphatic carboxylic acids is 1. The van der Waals surface area contributed by atoms with Gasteiger partial charge in [-0.25, -0.2) is 4.79 Å². The molecule has 0 rings (SSSR count). The number of carbonyl (C=O) groups is 2. The second kappa shape index (κ2) is 10.4. The van der Waals surface area contributed by atoms with Crippen LogP contribution in [0.2, 0.25) is 0 Å². The van der Waals surface area contributed by atoms with Crippen LogP contribution in [0.5, 0.6) is 0 Å². The lowest BCUT2D eigenvalue weighted by atomic mass is 9.84. The highest BCUT2D eigenvalue weighted by atomic mass is 16.5. The van der Waals surface area contributed by atoms with Crippen LogP contribution in [0.3, 0.4) is 0 Å². The standard InChI is InChI=1S/C15H30N2O4/c1-12(2)11-21-10-9-17-14(20)16-8-7-15(3,4)6-5-13(18)19/h12H,5-11H2,1-4H3,(H,18,19)(H2,16,17,20). The fraction of sp³-hybridized carbons (Fsp3) is 0.867. The predicted molar refractivity (Wildman–Crippen MR) is 82.3 cm³/mol. The average Bonchev–Trinajstić information content (AvgIpc) is 2.35. The minimum atomic E-state index is -0.782. The van der Waals surface area contributed by atoms with Crippen LogP contribution in [0.15, 0.2) is 0 Å². The van der Waals surface area contributed by atoms with Crippen LogP contribution >= 0.6 is 0 Å². The molecule has 0 heterocycles. The van der Waals surface area contributed by atoms with E-state index in [4.69, 9.17) is 9.84 Å². The Morgan fingerprint density at radius 1 is 1.14 bits per heavy atom. The van der Waals surface area contributed by atoms with Gasteiger partial charge in [-0.05, 0) is 24.2 Å². The minimum absolute atomic E-state index is 0.0912. The van der Waals surface area contributed by atoms with Gasteiger partial charge in [0.15, 0.2) is 0 Å². The molecule has 0 radical (unpaired) electrons. The first kappa shape index (κ1) is 19.7. The summed E-state index contributed by atoms with van der Waals surface area (Å²) in [6.45, 7) is 10.4. The van der Waals surface area contributed by atoms with Gasteiger partial charge in [0.2, 0.25) is 0 Å². The molecule has 0 saturated heterocycles. The molecule has 3 N–H and O–H groups in total. The Hall–Kier alpha value is -1.30. The molecule has 0 aromatic heterocycles. The maximum Gasteiger partial charge on any atom is 0.314 e. The van der Waals surface area contributed by atoms with Gasteiger partial charge in [0.1, 0.15) is 0 Å². The van der Waals surface area contributed by atoms with Crippen LogP contribution in [0, 0.1) is 11.3 Å². The summed E-state index contributed by atoms with van der Waals surface area (Å²) in [5, 5.41) is 14.2. The van der Waals surface area contributed by atoms with Crippen molar-refractivity contribution in [2.45, 2.75) is 47.0 Å². The first-order valence-corrected chi connectivity index (χ1v) is 7.54. The Balaban J connectivity index is 3.62. The highest BCUT2D eigenvalue weighted by Crippen LogP contribution is 2.25. The van der Waals surface area contributed by atoms with E-state index in [0.717, 1.165) is 6.42 Å². The van der Waals surface area contributed by atoms with E-state index in [9.17, 15) is 9.59 Å². The van der Waals surface area contributed by atoms with Gasteiger partial charge in [-0.2, -0.15) is 0 Å². The number of carboxylic acid groups (broad SMARTS) is 1. The van der Waals surface area contributed by atoms with Crippen LogP contribution < -0.4 is 10.6 Å². The molecule has 124 valence electrons. The number of hydrogen-bond donors (Lipinski definition) is 3. The van der Waals surface area contributed by atoms with Gasteiger partial charge in [-0.15, -0.1) is 0 Å². The zero-order valence-corrected chi connectivity index (χ0v) is 13.7. The van der Waals surface area contributed by atoms with E-state index < -0.39 is 5.97 Å². The number of urea groups is 1. The minimum Gasteiger partial charge on any atom is -0.481 e. The van der Waals surface area contributed by atoms with Crippen molar-refractivity contribution in [3.63, 3.8) is 0 Å². The van der Waals surface area contributed by atoms with Crippen molar-refractivity contribution in [1.29, 1.82) is 0 Å². The van der Waals surface area contributed by atoms with Crippen molar-refractivity contribution >= 4 is 12.0 Å². The summed E-state index contributed by atoms with van der Waals surface area (Å²) in [4.78, 5) is 22.1. The molecule has 0 aliphatic rings. The van der Waals surface area contributed by atoms with E-state index >= 15 is 0 Å². The normalized spacial score (nSPS) is 11.5. The molecule has 0 spiro atoms. The van der Waals surface area contributed by atoms with Gasteiger partial charge in [0.25, 0.3) is 0 Å². The maximum atomic E-state index is 11.5. The molecule has 0 aliphatic heterocycles. The third-order valence-corrected chi connectivity index (χ3v) is 3.09. The lowest BCUT2D eigenvalue weighted by molar-refractivity contribution is -0.137. The summed E-state index contributed by atoms with van der Waals surface area (Å²) in [5.41, 5.74) is -0.0912. The summed E-state index contributed by atoms with van der Waals surface area (Å²) in [6.07, 6.45) is 1.51. The monoisotopic (exact) mass is 302 g/mol. The first-order valence-electron chi connectivity index (χ1n) is 7.54. The molecule has 6 nitrogen and oxygen atoms in total. The molecule has 2 amide bonds. The van der Waals surface area contributed by atoms with Crippen LogP contribution in [0.25, 0.3) is 0 Å². The summed E-state index contributed by atoms with van der Waals surface area (Å²) < 4.78 is 5.36. The molecule has 0 unspecified atom stereocenters. The molecule has 0 bridgehead atoms. The number of amides is 2. The van der Waals surface area contributed by atoms with E-state index in [1.54, 1.807) is 0 Å². The van der Waals surface area contributed by atoms with E-state index in [-0.39, 0.29) is 17.9 Å². The van der Waals surface area contributed by atoms with Gasteiger partial charge in [0, 0.05) is 26.1 Å². The van der Waals surface area contributed by atoms with Gasteiger partial charge in [-0.3, -0.25) is 4.79 Å². The fourth-order valence-electron chi connectivity index (χ4n) is 1.70. The van der Waals surface area contributed by atoms with Crippen molar-refractivity contribution in [3.05, 3.63) is 0 Å². The predicted octanol–water partition coefficient (Wildman–Crippen LogP) is 2.24. The molecule has 0 aromatic rings. The van der Waals surface area contributed by atoms with Gasteiger partial charge >= 0.3 is 12.0 Å². The molecule has 0 aliphatic carbocycles. The Morgan fingerprint density at radius 3 is 2.33 bits per heavy atom. The average molecular weight is 302 g/mol. The fourth-order valence-corrected chi connectivity index (χ4v) is 1.70. The SMILES string of the molecule is CC(C)COCCNC(=O)NCCC(C)(C)CCC(=O)O. The second-order valence-electron chi connectivity index (χ2n) is 6.46. The molecular formula is C15H30N2O4. The number of ether oxygens (including phenoxy) is 1. The third-order valence-electron chi connectivity index (χ3n) is 3.09. The summed E-state index contributed by atoms with van der Waals surface area (Å²) >= 11 is 0. The van der Waals surface area contributed by atoms with Crippen molar-refractivity contribution in [3.8, 4) is 0 Å². The zero-order valence-electron chi connectivity index (χ0n) is 13.7. The zero-order chi connectivity index (χ0) is 16.3. The van der Waals surface area contributed by atoms with Gasteiger partial charge in [0.05, 0.1) is 6.61 Å². The Kier molecular flexibility index (Phi) is 9.78. The summed E-state index contributed by atoms with van der Waals surface area (Å²) in [6, 6.07) is -0.211. The quantitative estimate of drug-likeness (QED) is 0.511. The van der Waals surface area contributed by atoms with E-state index in [2.05, 4.69) is 24.5 Å². The van der Waals surface area contributed by atoms with Gasteiger partial charge < -0.3 is 20.5 Å². The van der Waals surface area contributed by atoms with Crippen molar-refractivity contribution in [2.75, 3.05) is 26.3 Å². The van der Waals surface area contributed by atoms with Crippen LogP contribution in [0.4, 0.5) is 4.79 Å². The molecule has 0 fully saturated rings. The molecule has 21 heavy (non-hydrogen) atoms. The molecule has 0 aromatic carbocycles. The molecule has 6 heteroatoms. The van der Waals surface area contributed by atoms with Crippen LogP contribution in [0.1, 0.15) is 47.0 Å². The lowest BCUT2D eigenvalue weighted by Gasteiger charge is -2.23. The van der Waals surface area contributed by atoms with E-state index in [1.807, 2.05) is 13.8 Å². The smallest absolute Gasteiger partial charge is 0.314 e. The molecule has 0 atom stereocenters. The van der Waals surface area contributed by atoms with Gasteiger partial charge in [-0.1, -0.05) is 27.7 Å². The molecular weight excluding hydrogens is 272 g/mol. The topological polar surface area (TPSA) is 87.7 Å². The third kappa shape index (κ3) is 13.4. The lowest BCUT2D eigenvalue weighted by Crippen LogP contribution is -2.38. The van der Waals surface area contributed by atoms with Crippen LogP contribution in [-0.4, -0.2) is 43.4 Å². The van der Waals surface area contributed by atoms with Crippen molar-refractivity contribution < 1.29 is 19.4 Å². The van der Waals surface area contributed by atoms with E-state index in [0.29, 0.717) is 38.6 Å². The second-order valence-corrected chi connectivity index (χ2v) is 6.46. The van der Waals surface area contributed by atoms with Crippen LogP contribution in [-0.2, 0) is 9.53 Å². The number of hydrogen-bond acceptors (Lipinski definition) is 3. The van der Waals surface area contributed by atoms with Crippen molar-refractivity contribution in [2.24, 2.45) is 11.3 Å². The Labute approximate surface area is 127 Å². The highest BCUT2D eigenvalue weighted by Gasteiger charge is 2.19. The Bertz CT molecular complexity index is 317. The summed E-state index contributed by atoms with van der Waals surface area (Å²) in [7, 11) is 0. The summed E-state index contributed by atoms with van der Waals surface area (Å²) in [5.74, 6) is -0.290. The number of rotatable bonds is 11. The largest absolute Gasteiger partial charge is 0.481 e. The van der Waals surface area contributed by atoms with E-state index in [1.165, 1.54) is 0 Å². The highest BCUT2D eigenvalue weighted by molar-refractivity contribution is 5.73. The molecule has 0 saturated carbocycles. The number of nitrogens with one attached hydrogen (secondary N) is 2.